The van der Waals surface area contributed by atoms with Gasteiger partial charge in [-0.15, -0.1) is 0 Å². The van der Waals surface area contributed by atoms with Gasteiger partial charge in [0.15, 0.2) is 0 Å². The Labute approximate surface area is 166 Å². The molecule has 0 unspecified atom stereocenters. The fraction of sp³-hybridized carbons (Fsp3) is 0.182. The summed E-state index contributed by atoms with van der Waals surface area (Å²) in [7, 11) is 0. The number of fused-ring (bicyclic) bond motifs is 3. The summed E-state index contributed by atoms with van der Waals surface area (Å²) in [4.78, 5) is 32.9. The molecule has 0 fully saturated rings. The van der Waals surface area contributed by atoms with Crippen LogP contribution in [0.2, 0.25) is 0 Å². The standard InChI is InChI=1S/C22H19N5O2/c1-13-17(15-5-2-3-6-18(15)24-13)12-23-26-21(28)14-8-9-16-19(11-14)25-20-7-4-10-27(20)22(16)29/h2-3,5-6,8-9,11-12,24H,4,7,10H2,1H3,(H,26,28)/b23-12+. The number of carbonyl (C=O) groups excluding carboxylic acids is 1. The van der Waals surface area contributed by atoms with E-state index in [9.17, 15) is 9.59 Å². The van der Waals surface area contributed by atoms with Crippen LogP contribution < -0.4 is 11.0 Å². The maximum Gasteiger partial charge on any atom is 0.271 e. The van der Waals surface area contributed by atoms with Gasteiger partial charge in [0.1, 0.15) is 5.82 Å². The van der Waals surface area contributed by atoms with Crippen molar-refractivity contribution >= 4 is 33.9 Å². The SMILES string of the molecule is Cc1[nH]c2ccccc2c1/C=N/NC(=O)c1ccc2c(=O)n3c(nc2c1)CCC3. The van der Waals surface area contributed by atoms with E-state index in [4.69, 9.17) is 0 Å². The van der Waals surface area contributed by atoms with Gasteiger partial charge in [0, 0.05) is 40.7 Å². The van der Waals surface area contributed by atoms with E-state index in [1.165, 1.54) is 0 Å². The summed E-state index contributed by atoms with van der Waals surface area (Å²) < 4.78 is 1.72. The molecule has 144 valence electrons. The Hall–Kier alpha value is -3.74. The number of nitrogens with one attached hydrogen (secondary N) is 2. The van der Waals surface area contributed by atoms with Crippen LogP contribution in [0.4, 0.5) is 0 Å². The highest BCUT2D eigenvalue weighted by atomic mass is 16.2. The third-order valence-electron chi connectivity index (χ3n) is 5.38. The maximum absolute atomic E-state index is 12.5. The highest BCUT2D eigenvalue weighted by Gasteiger charge is 2.17. The second kappa shape index (κ2) is 6.70. The molecule has 1 amide bonds. The molecular weight excluding hydrogens is 366 g/mol. The van der Waals surface area contributed by atoms with E-state index in [0.717, 1.165) is 40.8 Å². The van der Waals surface area contributed by atoms with Gasteiger partial charge in [-0.2, -0.15) is 5.10 Å². The molecule has 2 aromatic carbocycles. The minimum Gasteiger partial charge on any atom is -0.358 e. The summed E-state index contributed by atoms with van der Waals surface area (Å²) >= 11 is 0. The number of hydrogen-bond acceptors (Lipinski definition) is 4. The predicted molar refractivity (Wildman–Crippen MR) is 112 cm³/mol. The number of nitrogens with zero attached hydrogens (tertiary/aromatic N) is 3. The van der Waals surface area contributed by atoms with E-state index in [-0.39, 0.29) is 11.5 Å². The number of H-pyrrole nitrogens is 1. The van der Waals surface area contributed by atoms with Gasteiger partial charge in [-0.1, -0.05) is 18.2 Å². The van der Waals surface area contributed by atoms with Crippen molar-refractivity contribution in [3.05, 3.63) is 75.5 Å². The second-order valence-electron chi connectivity index (χ2n) is 7.23. The van der Waals surface area contributed by atoms with Gasteiger partial charge in [-0.3, -0.25) is 14.2 Å². The number of para-hydroxylation sites is 1. The van der Waals surface area contributed by atoms with Crippen LogP contribution in [0.15, 0.2) is 52.4 Å². The first-order valence-corrected chi connectivity index (χ1v) is 9.56. The largest absolute Gasteiger partial charge is 0.358 e. The van der Waals surface area contributed by atoms with Crippen molar-refractivity contribution in [1.29, 1.82) is 0 Å². The van der Waals surface area contributed by atoms with Crippen LogP contribution in [0.25, 0.3) is 21.8 Å². The maximum atomic E-state index is 12.5. The van der Waals surface area contributed by atoms with E-state index in [0.29, 0.717) is 23.0 Å². The minimum atomic E-state index is -0.344. The summed E-state index contributed by atoms with van der Waals surface area (Å²) in [5.41, 5.74) is 6.43. The van der Waals surface area contributed by atoms with Crippen LogP contribution in [0.1, 0.15) is 33.9 Å². The number of aromatic amines is 1. The Bertz CT molecular complexity index is 1360. The highest BCUT2D eigenvalue weighted by Crippen LogP contribution is 2.20. The molecule has 7 nitrogen and oxygen atoms in total. The van der Waals surface area contributed by atoms with Gasteiger partial charge in [0.2, 0.25) is 0 Å². The lowest BCUT2D eigenvalue weighted by Crippen LogP contribution is -2.22. The third-order valence-corrected chi connectivity index (χ3v) is 5.38. The molecule has 2 aromatic heterocycles. The first-order valence-electron chi connectivity index (χ1n) is 9.56. The molecule has 7 heteroatoms. The summed E-state index contributed by atoms with van der Waals surface area (Å²) in [6.45, 7) is 2.68. The molecule has 3 heterocycles. The summed E-state index contributed by atoms with van der Waals surface area (Å²) in [5, 5.41) is 5.71. The number of rotatable bonds is 3. The van der Waals surface area contributed by atoms with Crippen LogP contribution in [0.5, 0.6) is 0 Å². The Balaban J connectivity index is 1.41. The average Bonchev–Trinajstić information content (AvgIpc) is 3.32. The van der Waals surface area contributed by atoms with E-state index in [1.54, 1.807) is 29.0 Å². The van der Waals surface area contributed by atoms with Crippen molar-refractivity contribution in [2.24, 2.45) is 5.10 Å². The van der Waals surface area contributed by atoms with Crippen LogP contribution in [-0.2, 0) is 13.0 Å². The first-order chi connectivity index (χ1) is 14.1. The number of hydrazone groups is 1. The molecule has 2 N–H and O–H groups in total. The molecule has 29 heavy (non-hydrogen) atoms. The highest BCUT2D eigenvalue weighted by molar-refractivity contribution is 6.02. The van der Waals surface area contributed by atoms with Gasteiger partial charge < -0.3 is 4.98 Å². The van der Waals surface area contributed by atoms with Gasteiger partial charge >= 0.3 is 0 Å². The fourth-order valence-corrected chi connectivity index (χ4v) is 3.91. The lowest BCUT2D eigenvalue weighted by molar-refractivity contribution is 0.0955. The quantitative estimate of drug-likeness (QED) is 0.420. The van der Waals surface area contributed by atoms with Crippen molar-refractivity contribution in [1.82, 2.24) is 20.0 Å². The smallest absolute Gasteiger partial charge is 0.271 e. The van der Waals surface area contributed by atoms with Gasteiger partial charge in [0.25, 0.3) is 11.5 Å². The molecule has 0 spiro atoms. The van der Waals surface area contributed by atoms with Crippen molar-refractivity contribution < 1.29 is 4.79 Å². The van der Waals surface area contributed by atoms with Crippen LogP contribution in [-0.4, -0.2) is 26.7 Å². The van der Waals surface area contributed by atoms with Crippen LogP contribution >= 0.6 is 0 Å². The third kappa shape index (κ3) is 2.91. The zero-order valence-electron chi connectivity index (χ0n) is 15.9. The molecular formula is C22H19N5O2. The predicted octanol–water partition coefficient (Wildman–Crippen LogP) is 2.90. The van der Waals surface area contributed by atoms with Crippen molar-refractivity contribution in [3.8, 4) is 0 Å². The fourth-order valence-electron chi connectivity index (χ4n) is 3.91. The van der Waals surface area contributed by atoms with Crippen LogP contribution in [0, 0.1) is 6.92 Å². The molecule has 5 rings (SSSR count). The lowest BCUT2D eigenvalue weighted by atomic mass is 10.1. The summed E-state index contributed by atoms with van der Waals surface area (Å²) in [6.07, 6.45) is 3.36. The Kier molecular flexibility index (Phi) is 4.01. The molecule has 0 atom stereocenters. The van der Waals surface area contributed by atoms with E-state index in [1.807, 2.05) is 31.2 Å². The Morgan fingerprint density at radius 3 is 3.00 bits per heavy atom. The number of aromatic nitrogens is 3. The summed E-state index contributed by atoms with van der Waals surface area (Å²) in [5.74, 6) is 0.441. The summed E-state index contributed by atoms with van der Waals surface area (Å²) in [6, 6.07) is 12.9. The van der Waals surface area contributed by atoms with Gasteiger partial charge in [-0.25, -0.2) is 10.4 Å². The van der Waals surface area contributed by atoms with Crippen molar-refractivity contribution in [3.63, 3.8) is 0 Å². The average molecular weight is 385 g/mol. The van der Waals surface area contributed by atoms with Crippen LogP contribution in [0.3, 0.4) is 0 Å². The minimum absolute atomic E-state index is 0.0395. The lowest BCUT2D eigenvalue weighted by Gasteiger charge is -2.06. The molecule has 4 aromatic rings. The molecule has 0 aliphatic carbocycles. The molecule has 0 radical (unpaired) electrons. The topological polar surface area (TPSA) is 92.1 Å². The number of benzene rings is 2. The molecule has 1 aliphatic rings. The van der Waals surface area contributed by atoms with E-state index in [2.05, 4.69) is 20.5 Å². The van der Waals surface area contributed by atoms with Gasteiger partial charge in [0.05, 0.1) is 17.1 Å². The number of amides is 1. The molecule has 0 saturated carbocycles. The number of hydrogen-bond donors (Lipinski definition) is 2. The zero-order chi connectivity index (χ0) is 20.0. The van der Waals surface area contributed by atoms with E-state index >= 15 is 0 Å². The Morgan fingerprint density at radius 2 is 2.10 bits per heavy atom. The van der Waals surface area contributed by atoms with Gasteiger partial charge in [-0.05, 0) is 37.6 Å². The molecule has 0 bridgehead atoms. The van der Waals surface area contributed by atoms with E-state index < -0.39 is 0 Å². The van der Waals surface area contributed by atoms with Crippen molar-refractivity contribution in [2.75, 3.05) is 0 Å². The molecule has 0 saturated heterocycles. The normalized spacial score (nSPS) is 13.4. The number of carbonyl (C=O) groups is 1. The molecule has 1 aliphatic heterocycles. The number of aryl methyl sites for hydroxylation is 2. The second-order valence-corrected chi connectivity index (χ2v) is 7.23. The Morgan fingerprint density at radius 1 is 1.24 bits per heavy atom. The zero-order valence-corrected chi connectivity index (χ0v) is 15.9. The first kappa shape index (κ1) is 17.4. The van der Waals surface area contributed by atoms with Crippen molar-refractivity contribution in [2.45, 2.75) is 26.3 Å². The monoisotopic (exact) mass is 385 g/mol.